The van der Waals surface area contributed by atoms with Crippen LogP contribution in [0.5, 0.6) is 0 Å². The van der Waals surface area contributed by atoms with Gasteiger partial charge in [0.2, 0.25) is 5.91 Å². The molecule has 5 nitrogen and oxygen atoms in total. The second-order valence-corrected chi connectivity index (χ2v) is 7.09. The van der Waals surface area contributed by atoms with Crippen LogP contribution in [0.1, 0.15) is 67.8 Å². The van der Waals surface area contributed by atoms with E-state index in [2.05, 4.69) is 15.8 Å². The molecule has 0 spiro atoms. The maximum Gasteiger partial charge on any atom is 0.271 e. The Bertz CT molecular complexity index is 650. The van der Waals surface area contributed by atoms with Crippen molar-refractivity contribution in [1.82, 2.24) is 10.7 Å². The lowest BCUT2D eigenvalue weighted by molar-refractivity contribution is -0.120. The molecule has 136 valence electrons. The van der Waals surface area contributed by atoms with Crippen LogP contribution in [0.25, 0.3) is 0 Å². The first-order chi connectivity index (χ1) is 12.0. The highest BCUT2D eigenvalue weighted by molar-refractivity contribution is 6.31. The summed E-state index contributed by atoms with van der Waals surface area (Å²) in [5.41, 5.74) is 4.39. The molecule has 2 rings (SSSR count). The highest BCUT2D eigenvalue weighted by Crippen LogP contribution is 2.17. The van der Waals surface area contributed by atoms with Crippen LogP contribution in [0, 0.1) is 6.92 Å². The van der Waals surface area contributed by atoms with Crippen LogP contribution in [0.3, 0.4) is 0 Å². The summed E-state index contributed by atoms with van der Waals surface area (Å²) in [6.07, 6.45) is 7.13. The molecule has 6 heteroatoms. The first-order valence-electron chi connectivity index (χ1n) is 8.84. The number of nitrogens with zero attached hydrogens (tertiary/aromatic N) is 1. The Morgan fingerprint density at radius 2 is 1.88 bits per heavy atom. The second-order valence-electron chi connectivity index (χ2n) is 6.68. The number of aryl methyl sites for hydroxylation is 1. The highest BCUT2D eigenvalue weighted by atomic mass is 35.5. The largest absolute Gasteiger partial charge is 0.353 e. The van der Waals surface area contributed by atoms with Crippen molar-refractivity contribution in [2.75, 3.05) is 0 Å². The Kier molecular flexibility index (Phi) is 7.44. The van der Waals surface area contributed by atoms with Crippen LogP contribution in [0.2, 0.25) is 5.02 Å². The average molecular weight is 364 g/mol. The molecule has 1 aliphatic rings. The Balaban J connectivity index is 1.82. The van der Waals surface area contributed by atoms with Gasteiger partial charge < -0.3 is 5.32 Å². The predicted octanol–water partition coefficient (Wildman–Crippen LogP) is 3.98. The summed E-state index contributed by atoms with van der Waals surface area (Å²) in [5.74, 6) is -0.383. The van der Waals surface area contributed by atoms with Crippen LogP contribution in [0.4, 0.5) is 0 Å². The van der Waals surface area contributed by atoms with Gasteiger partial charge in [-0.1, -0.05) is 43.4 Å². The number of nitrogens with one attached hydrogen (secondary N) is 2. The number of carbonyl (C=O) groups excluding carboxylic acids is 2. The van der Waals surface area contributed by atoms with Crippen LogP contribution in [0.15, 0.2) is 23.3 Å². The van der Waals surface area contributed by atoms with E-state index in [4.69, 9.17) is 11.6 Å². The first-order valence-corrected chi connectivity index (χ1v) is 9.22. The molecule has 1 aromatic carbocycles. The van der Waals surface area contributed by atoms with Crippen molar-refractivity contribution >= 4 is 29.1 Å². The monoisotopic (exact) mass is 363 g/mol. The number of hydrazone groups is 1. The molecule has 2 amide bonds. The number of carbonyl (C=O) groups is 2. The molecular weight excluding hydrogens is 338 g/mol. The summed E-state index contributed by atoms with van der Waals surface area (Å²) in [6, 6.07) is 5.36. The molecule has 1 aliphatic carbocycles. The lowest BCUT2D eigenvalue weighted by atomic mass is 10.1. The number of hydrogen-bond acceptors (Lipinski definition) is 3. The Labute approximate surface area is 154 Å². The first kappa shape index (κ1) is 19.4. The molecule has 0 saturated heterocycles. The minimum Gasteiger partial charge on any atom is -0.353 e. The predicted molar refractivity (Wildman–Crippen MR) is 101 cm³/mol. The third-order valence-electron chi connectivity index (χ3n) is 4.42. The number of rotatable bonds is 5. The molecule has 0 aromatic heterocycles. The zero-order valence-corrected chi connectivity index (χ0v) is 15.7. The quantitative estimate of drug-likeness (QED) is 0.472. The van der Waals surface area contributed by atoms with Crippen molar-refractivity contribution in [2.24, 2.45) is 5.10 Å². The lowest BCUT2D eigenvalue weighted by Crippen LogP contribution is -2.35. The van der Waals surface area contributed by atoms with Crippen molar-refractivity contribution in [3.8, 4) is 0 Å². The van der Waals surface area contributed by atoms with Gasteiger partial charge in [-0.05, 0) is 44.4 Å². The smallest absolute Gasteiger partial charge is 0.271 e. The van der Waals surface area contributed by atoms with Gasteiger partial charge in [0.05, 0.1) is 6.42 Å². The topological polar surface area (TPSA) is 70.6 Å². The molecule has 0 aliphatic heterocycles. The van der Waals surface area contributed by atoms with Gasteiger partial charge in [-0.15, -0.1) is 0 Å². The van der Waals surface area contributed by atoms with E-state index in [-0.39, 0.29) is 24.3 Å². The lowest BCUT2D eigenvalue weighted by Gasteiger charge is -2.16. The molecule has 2 N–H and O–H groups in total. The van der Waals surface area contributed by atoms with Gasteiger partial charge in [-0.2, -0.15) is 5.10 Å². The third kappa shape index (κ3) is 6.50. The average Bonchev–Trinajstić information content (AvgIpc) is 2.83. The summed E-state index contributed by atoms with van der Waals surface area (Å²) in [7, 11) is 0. The zero-order valence-electron chi connectivity index (χ0n) is 14.9. The van der Waals surface area contributed by atoms with E-state index in [0.29, 0.717) is 16.3 Å². The van der Waals surface area contributed by atoms with Crippen LogP contribution < -0.4 is 10.7 Å². The van der Waals surface area contributed by atoms with Crippen LogP contribution in [-0.4, -0.2) is 23.6 Å². The molecule has 0 radical (unpaired) electrons. The number of benzene rings is 1. The summed E-state index contributed by atoms with van der Waals surface area (Å²) >= 11 is 6.02. The number of halogens is 1. The number of amides is 2. The minimum atomic E-state index is -0.342. The Hall–Kier alpha value is -1.88. The minimum absolute atomic E-state index is 0.0409. The Morgan fingerprint density at radius 1 is 1.20 bits per heavy atom. The van der Waals surface area contributed by atoms with E-state index in [0.717, 1.165) is 18.4 Å². The van der Waals surface area contributed by atoms with Gasteiger partial charge in [0, 0.05) is 22.3 Å². The second kappa shape index (κ2) is 9.56. The summed E-state index contributed by atoms with van der Waals surface area (Å²) in [4.78, 5) is 24.2. The van der Waals surface area contributed by atoms with Crippen LogP contribution >= 0.6 is 11.6 Å². The number of hydrogen-bond donors (Lipinski definition) is 2. The fraction of sp³-hybridized carbons (Fsp3) is 0.526. The molecular formula is C19H26ClN3O2. The van der Waals surface area contributed by atoms with E-state index in [1.54, 1.807) is 25.1 Å². The Morgan fingerprint density at radius 3 is 2.52 bits per heavy atom. The molecule has 1 aromatic rings. The fourth-order valence-electron chi connectivity index (χ4n) is 2.92. The summed E-state index contributed by atoms with van der Waals surface area (Å²) in [6.45, 7) is 3.61. The SMILES string of the molecule is C/C(CC(=O)NC1CCCCCC1)=N/NC(=O)c1ccc(C)c(Cl)c1. The van der Waals surface area contributed by atoms with Crippen molar-refractivity contribution in [3.63, 3.8) is 0 Å². The molecule has 1 fully saturated rings. The maximum atomic E-state index is 12.1. The molecule has 1 saturated carbocycles. The standard InChI is InChI=1S/C19H26ClN3O2/c1-13-9-10-15(12-17(13)20)19(25)23-22-14(2)11-18(24)21-16-7-5-3-4-6-8-16/h9-10,12,16H,3-8,11H2,1-2H3,(H,21,24)(H,23,25)/b22-14-. The van der Waals surface area contributed by atoms with Crippen LogP contribution in [-0.2, 0) is 4.79 Å². The van der Waals surface area contributed by atoms with Gasteiger partial charge in [0.1, 0.15) is 0 Å². The van der Waals surface area contributed by atoms with Crippen molar-refractivity contribution in [1.29, 1.82) is 0 Å². The molecule has 0 unspecified atom stereocenters. The normalized spacial score (nSPS) is 16.2. The van der Waals surface area contributed by atoms with Gasteiger partial charge in [0.25, 0.3) is 5.91 Å². The summed E-state index contributed by atoms with van der Waals surface area (Å²) < 4.78 is 0. The highest BCUT2D eigenvalue weighted by Gasteiger charge is 2.15. The fourth-order valence-corrected chi connectivity index (χ4v) is 3.10. The van der Waals surface area contributed by atoms with E-state index in [9.17, 15) is 9.59 Å². The van der Waals surface area contributed by atoms with E-state index in [1.807, 2.05) is 6.92 Å². The maximum absolute atomic E-state index is 12.1. The zero-order chi connectivity index (χ0) is 18.2. The van der Waals surface area contributed by atoms with Gasteiger partial charge in [-0.3, -0.25) is 9.59 Å². The summed E-state index contributed by atoms with van der Waals surface area (Å²) in [5, 5.41) is 7.63. The van der Waals surface area contributed by atoms with Gasteiger partial charge in [-0.25, -0.2) is 5.43 Å². The van der Waals surface area contributed by atoms with Crippen molar-refractivity contribution < 1.29 is 9.59 Å². The molecule has 0 heterocycles. The van der Waals surface area contributed by atoms with Crippen molar-refractivity contribution in [3.05, 3.63) is 34.3 Å². The van der Waals surface area contributed by atoms with E-state index >= 15 is 0 Å². The molecule has 25 heavy (non-hydrogen) atoms. The van der Waals surface area contributed by atoms with E-state index in [1.165, 1.54) is 25.7 Å². The third-order valence-corrected chi connectivity index (χ3v) is 4.83. The van der Waals surface area contributed by atoms with Gasteiger partial charge >= 0.3 is 0 Å². The molecule has 0 atom stereocenters. The van der Waals surface area contributed by atoms with Crippen molar-refractivity contribution in [2.45, 2.75) is 64.8 Å². The van der Waals surface area contributed by atoms with E-state index < -0.39 is 0 Å². The van der Waals surface area contributed by atoms with Gasteiger partial charge in [0.15, 0.2) is 0 Å². The molecule has 0 bridgehead atoms.